The van der Waals surface area contributed by atoms with Crippen molar-refractivity contribution < 1.29 is 14.0 Å². The topological polar surface area (TPSA) is 53.2 Å². The number of benzene rings is 2. The first-order chi connectivity index (χ1) is 12.0. The molecule has 0 atom stereocenters. The van der Waals surface area contributed by atoms with Gasteiger partial charge in [-0.1, -0.05) is 18.2 Å². The van der Waals surface area contributed by atoms with Crippen LogP contribution in [0.4, 0.5) is 4.39 Å². The summed E-state index contributed by atoms with van der Waals surface area (Å²) in [4.78, 5) is 30.3. The first-order valence-electron chi connectivity index (χ1n) is 7.71. The molecule has 3 aromatic rings. The highest BCUT2D eigenvalue weighted by Gasteiger charge is 2.25. The van der Waals surface area contributed by atoms with Crippen LogP contribution in [0.2, 0.25) is 0 Å². The van der Waals surface area contributed by atoms with Crippen molar-refractivity contribution in [3.05, 3.63) is 65.6 Å². The van der Waals surface area contributed by atoms with Gasteiger partial charge in [0.1, 0.15) is 5.82 Å². The number of thioether (sulfide) groups is 1. The van der Waals surface area contributed by atoms with Crippen molar-refractivity contribution >= 4 is 34.4 Å². The normalized spacial score (nSPS) is 10.8. The van der Waals surface area contributed by atoms with E-state index < -0.39 is 17.5 Å². The minimum absolute atomic E-state index is 0.247. The molecule has 1 amide bonds. The predicted molar refractivity (Wildman–Crippen MR) is 97.3 cm³/mol. The van der Waals surface area contributed by atoms with Crippen LogP contribution in [-0.4, -0.2) is 35.7 Å². The molecule has 25 heavy (non-hydrogen) atoms. The van der Waals surface area contributed by atoms with Crippen LogP contribution in [0.3, 0.4) is 0 Å². The molecule has 0 fully saturated rings. The summed E-state index contributed by atoms with van der Waals surface area (Å²) in [6, 6.07) is 13.9. The van der Waals surface area contributed by atoms with Crippen LogP contribution in [0.25, 0.3) is 10.9 Å². The van der Waals surface area contributed by atoms with Gasteiger partial charge in [0.2, 0.25) is 0 Å². The molecule has 2 aromatic carbocycles. The maximum Gasteiger partial charge on any atom is 0.294 e. The van der Waals surface area contributed by atoms with E-state index in [4.69, 9.17) is 0 Å². The number of fused-ring (bicyclic) bond motifs is 1. The molecule has 6 heteroatoms. The molecule has 0 bridgehead atoms. The summed E-state index contributed by atoms with van der Waals surface area (Å²) >= 11 is 1.54. The molecule has 0 spiro atoms. The number of hydrogen-bond donors (Lipinski definition) is 1. The van der Waals surface area contributed by atoms with Crippen molar-refractivity contribution in [3.63, 3.8) is 0 Å². The van der Waals surface area contributed by atoms with Crippen molar-refractivity contribution in [2.75, 3.05) is 14.1 Å². The Bertz CT molecular complexity index is 935. The number of ketones is 1. The first-order valence-corrected chi connectivity index (χ1v) is 8.70. The third kappa shape index (κ3) is 3.58. The molecule has 1 N–H and O–H groups in total. The van der Waals surface area contributed by atoms with Gasteiger partial charge in [-0.25, -0.2) is 4.39 Å². The number of carbonyl (C=O) groups excluding carboxylic acids is 2. The van der Waals surface area contributed by atoms with Crippen LogP contribution in [0.5, 0.6) is 0 Å². The van der Waals surface area contributed by atoms with E-state index in [-0.39, 0.29) is 5.56 Å². The van der Waals surface area contributed by atoms with Gasteiger partial charge >= 0.3 is 0 Å². The highest BCUT2D eigenvalue weighted by Crippen LogP contribution is 2.29. The molecule has 0 unspecified atom stereocenters. The quantitative estimate of drug-likeness (QED) is 0.429. The third-order valence-corrected chi connectivity index (χ3v) is 4.83. The number of amides is 1. The van der Waals surface area contributed by atoms with E-state index in [1.807, 2.05) is 30.3 Å². The van der Waals surface area contributed by atoms with Crippen LogP contribution < -0.4 is 0 Å². The van der Waals surface area contributed by atoms with E-state index in [2.05, 4.69) is 4.98 Å². The number of H-pyrrole nitrogens is 1. The van der Waals surface area contributed by atoms with Crippen LogP contribution in [0.1, 0.15) is 16.1 Å². The van der Waals surface area contributed by atoms with Gasteiger partial charge in [-0.2, -0.15) is 0 Å². The number of carbonyl (C=O) groups is 2. The maximum absolute atomic E-state index is 13.7. The Morgan fingerprint density at radius 2 is 1.84 bits per heavy atom. The fraction of sp³-hybridized carbons (Fsp3) is 0.158. The van der Waals surface area contributed by atoms with Crippen LogP contribution in [0.15, 0.2) is 53.4 Å². The number of aromatic nitrogens is 1. The summed E-state index contributed by atoms with van der Waals surface area (Å²) in [7, 11) is 3.04. The molecule has 4 nitrogen and oxygen atoms in total. The monoisotopic (exact) mass is 356 g/mol. The fourth-order valence-electron chi connectivity index (χ4n) is 2.57. The number of likely N-dealkylation sites (N-methyl/N-ethyl adjacent to an activating group) is 1. The zero-order chi connectivity index (χ0) is 18.0. The molecule has 0 aliphatic carbocycles. The minimum Gasteiger partial charge on any atom is -0.357 e. The van der Waals surface area contributed by atoms with Crippen LogP contribution in [0, 0.1) is 5.82 Å². The molecule has 0 saturated heterocycles. The predicted octanol–water partition coefficient (Wildman–Crippen LogP) is 3.87. The van der Waals surface area contributed by atoms with Gasteiger partial charge in [-0.15, -0.1) is 11.8 Å². The summed E-state index contributed by atoms with van der Waals surface area (Å²) in [6.45, 7) is 0. The van der Waals surface area contributed by atoms with Crippen molar-refractivity contribution in [3.8, 4) is 0 Å². The summed E-state index contributed by atoms with van der Waals surface area (Å²) < 4.78 is 13.7. The Kier molecular flexibility index (Phi) is 4.90. The SMILES string of the molecule is CN(C)C(=O)C(=O)c1c(CSc2ccccc2)[nH]c2ccc(F)cc12. The Balaban J connectivity index is 2.03. The second-order valence-corrected chi connectivity index (χ2v) is 6.85. The lowest BCUT2D eigenvalue weighted by atomic mass is 10.1. The lowest BCUT2D eigenvalue weighted by Gasteiger charge is -2.10. The molecule has 0 radical (unpaired) electrons. The smallest absolute Gasteiger partial charge is 0.294 e. The zero-order valence-electron chi connectivity index (χ0n) is 13.9. The van der Waals surface area contributed by atoms with Gasteiger partial charge in [-0.05, 0) is 30.3 Å². The van der Waals surface area contributed by atoms with Gasteiger partial charge in [0.25, 0.3) is 11.7 Å². The molecule has 0 aliphatic heterocycles. The van der Waals surface area contributed by atoms with E-state index in [0.29, 0.717) is 22.3 Å². The first kappa shape index (κ1) is 17.2. The molecular formula is C19H17FN2O2S. The number of rotatable bonds is 5. The van der Waals surface area contributed by atoms with Gasteiger partial charge in [0, 0.05) is 41.3 Å². The lowest BCUT2D eigenvalue weighted by Crippen LogP contribution is -2.30. The summed E-state index contributed by atoms with van der Waals surface area (Å²) in [5.74, 6) is -1.23. The number of Topliss-reactive ketones (excluding diaryl/α,β-unsaturated/α-hetero) is 1. The average molecular weight is 356 g/mol. The number of hydrogen-bond acceptors (Lipinski definition) is 3. The van der Waals surface area contributed by atoms with Crippen molar-refractivity contribution in [2.24, 2.45) is 0 Å². The second kappa shape index (κ2) is 7.11. The molecule has 3 rings (SSSR count). The van der Waals surface area contributed by atoms with Crippen molar-refractivity contribution in [1.82, 2.24) is 9.88 Å². The van der Waals surface area contributed by atoms with Crippen molar-refractivity contribution in [2.45, 2.75) is 10.6 Å². The summed E-state index contributed by atoms with van der Waals surface area (Å²) in [5.41, 5.74) is 1.51. The van der Waals surface area contributed by atoms with Gasteiger partial charge < -0.3 is 9.88 Å². The number of halogens is 1. The van der Waals surface area contributed by atoms with Gasteiger partial charge in [0.05, 0.1) is 5.56 Å². The average Bonchev–Trinajstić information content (AvgIpc) is 2.97. The summed E-state index contributed by atoms with van der Waals surface area (Å²) in [5, 5.41) is 0.434. The van der Waals surface area contributed by atoms with E-state index in [1.54, 1.807) is 17.8 Å². The molecule has 0 saturated carbocycles. The maximum atomic E-state index is 13.7. The van der Waals surface area contributed by atoms with E-state index in [1.165, 1.54) is 31.1 Å². The number of nitrogens with zero attached hydrogens (tertiary/aromatic N) is 1. The van der Waals surface area contributed by atoms with E-state index in [0.717, 1.165) is 4.90 Å². The minimum atomic E-state index is -0.634. The standard InChI is InChI=1S/C19H17FN2O2S/c1-22(2)19(24)18(23)17-14-10-12(20)8-9-15(14)21-16(17)11-25-13-6-4-3-5-7-13/h3-10,21H,11H2,1-2H3. The molecule has 0 aliphatic rings. The Morgan fingerprint density at radius 3 is 2.52 bits per heavy atom. The zero-order valence-corrected chi connectivity index (χ0v) is 14.7. The Labute approximate surface area is 149 Å². The lowest BCUT2D eigenvalue weighted by molar-refractivity contribution is -0.124. The molecule has 1 heterocycles. The highest BCUT2D eigenvalue weighted by atomic mass is 32.2. The number of nitrogens with one attached hydrogen (secondary N) is 1. The van der Waals surface area contributed by atoms with Crippen LogP contribution >= 0.6 is 11.8 Å². The third-order valence-electron chi connectivity index (χ3n) is 3.79. The second-order valence-electron chi connectivity index (χ2n) is 5.80. The molecule has 1 aromatic heterocycles. The van der Waals surface area contributed by atoms with Gasteiger partial charge in [0.15, 0.2) is 0 Å². The molecular weight excluding hydrogens is 339 g/mol. The van der Waals surface area contributed by atoms with E-state index >= 15 is 0 Å². The number of aromatic amines is 1. The highest BCUT2D eigenvalue weighted by molar-refractivity contribution is 7.98. The largest absolute Gasteiger partial charge is 0.357 e. The summed E-state index contributed by atoms with van der Waals surface area (Å²) in [6.07, 6.45) is 0. The molecule has 128 valence electrons. The van der Waals surface area contributed by atoms with Gasteiger partial charge in [-0.3, -0.25) is 9.59 Å². The van der Waals surface area contributed by atoms with E-state index in [9.17, 15) is 14.0 Å². The van der Waals surface area contributed by atoms with Crippen LogP contribution in [-0.2, 0) is 10.5 Å². The fourth-order valence-corrected chi connectivity index (χ4v) is 3.45. The Hall–Kier alpha value is -2.60. The van der Waals surface area contributed by atoms with Crippen molar-refractivity contribution in [1.29, 1.82) is 0 Å². The Morgan fingerprint density at radius 1 is 1.12 bits per heavy atom.